The van der Waals surface area contributed by atoms with E-state index in [1.807, 2.05) is 38.1 Å². The third kappa shape index (κ3) is 4.42. The van der Waals surface area contributed by atoms with Crippen molar-refractivity contribution in [1.29, 1.82) is 0 Å². The molecule has 0 aliphatic heterocycles. The van der Waals surface area contributed by atoms with E-state index in [4.69, 9.17) is 0 Å². The van der Waals surface area contributed by atoms with Gasteiger partial charge < -0.3 is 0 Å². The maximum Gasteiger partial charge on any atom is 0.236 e. The van der Waals surface area contributed by atoms with Crippen LogP contribution in [0.3, 0.4) is 0 Å². The first-order valence-electron chi connectivity index (χ1n) is 7.79. The van der Waals surface area contributed by atoms with Crippen LogP contribution in [0.1, 0.15) is 50.2 Å². The molecular weight excluding hydrogens is 282 g/mol. The molecule has 21 heavy (non-hydrogen) atoms. The van der Waals surface area contributed by atoms with Gasteiger partial charge in [0.15, 0.2) is 0 Å². The van der Waals surface area contributed by atoms with Crippen molar-refractivity contribution >= 4 is 16.1 Å². The van der Waals surface area contributed by atoms with Crippen molar-refractivity contribution in [2.45, 2.75) is 52.0 Å². The first-order chi connectivity index (χ1) is 10.0. The number of nitrogens with zero attached hydrogens (tertiary/aromatic N) is 1. The van der Waals surface area contributed by atoms with Gasteiger partial charge in [0.05, 0.1) is 0 Å². The zero-order chi connectivity index (χ0) is 15.3. The SMILES string of the molecule is CCN(C1CCCCC1)S(=O)(=O)/C=C/c1ccc(C)cc1. The summed E-state index contributed by atoms with van der Waals surface area (Å²) in [7, 11) is -3.33. The lowest BCUT2D eigenvalue weighted by Crippen LogP contribution is -2.40. The molecule has 0 spiro atoms. The van der Waals surface area contributed by atoms with Crippen molar-refractivity contribution in [3.05, 3.63) is 40.8 Å². The fourth-order valence-corrected chi connectivity index (χ4v) is 4.41. The second-order valence-corrected chi connectivity index (χ2v) is 7.52. The van der Waals surface area contributed by atoms with Crippen LogP contribution in [-0.2, 0) is 10.0 Å². The second-order valence-electron chi connectivity index (χ2n) is 5.75. The van der Waals surface area contributed by atoms with Crippen molar-refractivity contribution < 1.29 is 8.42 Å². The maximum absolute atomic E-state index is 12.5. The molecule has 1 fully saturated rings. The summed E-state index contributed by atoms with van der Waals surface area (Å²) < 4.78 is 26.7. The first-order valence-corrected chi connectivity index (χ1v) is 9.30. The molecule has 1 saturated carbocycles. The topological polar surface area (TPSA) is 37.4 Å². The molecule has 4 heteroatoms. The summed E-state index contributed by atoms with van der Waals surface area (Å²) in [5.74, 6) is 0. The van der Waals surface area contributed by atoms with Crippen LogP contribution in [-0.4, -0.2) is 25.3 Å². The van der Waals surface area contributed by atoms with Gasteiger partial charge in [0.1, 0.15) is 0 Å². The third-order valence-electron chi connectivity index (χ3n) is 4.13. The summed E-state index contributed by atoms with van der Waals surface area (Å²) >= 11 is 0. The Labute approximate surface area is 128 Å². The molecule has 1 aliphatic carbocycles. The van der Waals surface area contributed by atoms with Gasteiger partial charge in [-0.15, -0.1) is 0 Å². The molecular formula is C17H25NO2S. The molecule has 0 aromatic heterocycles. The minimum absolute atomic E-state index is 0.177. The second kappa shape index (κ2) is 7.23. The molecule has 0 amide bonds. The summed E-state index contributed by atoms with van der Waals surface area (Å²) in [4.78, 5) is 0. The van der Waals surface area contributed by atoms with Crippen LogP contribution < -0.4 is 0 Å². The summed E-state index contributed by atoms with van der Waals surface area (Å²) in [6.45, 7) is 4.49. The molecule has 1 aromatic carbocycles. The Morgan fingerprint density at radius 1 is 1.14 bits per heavy atom. The van der Waals surface area contributed by atoms with E-state index in [0.717, 1.165) is 31.2 Å². The Hall–Kier alpha value is -1.13. The van der Waals surface area contributed by atoms with Crippen LogP contribution >= 0.6 is 0 Å². The van der Waals surface area contributed by atoms with Crippen LogP contribution in [0.4, 0.5) is 0 Å². The Kier molecular flexibility index (Phi) is 5.59. The zero-order valence-corrected chi connectivity index (χ0v) is 13.8. The monoisotopic (exact) mass is 307 g/mol. The average Bonchev–Trinajstić information content (AvgIpc) is 2.48. The number of hydrogen-bond donors (Lipinski definition) is 0. The molecule has 0 N–H and O–H groups in total. The molecule has 2 rings (SSSR count). The smallest absolute Gasteiger partial charge is 0.207 e. The highest BCUT2D eigenvalue weighted by molar-refractivity contribution is 7.92. The lowest BCUT2D eigenvalue weighted by molar-refractivity contribution is 0.264. The highest BCUT2D eigenvalue weighted by atomic mass is 32.2. The summed E-state index contributed by atoms with van der Waals surface area (Å²) in [5.41, 5.74) is 2.09. The van der Waals surface area contributed by atoms with Gasteiger partial charge in [-0.3, -0.25) is 0 Å². The summed E-state index contributed by atoms with van der Waals surface area (Å²) in [6.07, 6.45) is 7.18. The molecule has 3 nitrogen and oxygen atoms in total. The van der Waals surface area contributed by atoms with Gasteiger partial charge in [-0.1, -0.05) is 56.0 Å². The molecule has 0 atom stereocenters. The molecule has 116 valence electrons. The molecule has 1 aliphatic rings. The Balaban J connectivity index is 2.13. The fourth-order valence-electron chi connectivity index (χ4n) is 2.94. The summed E-state index contributed by atoms with van der Waals surface area (Å²) in [5, 5.41) is 1.36. The van der Waals surface area contributed by atoms with Gasteiger partial charge in [-0.2, -0.15) is 4.31 Å². The Bertz CT molecular complexity index is 569. The van der Waals surface area contributed by atoms with Gasteiger partial charge in [-0.25, -0.2) is 8.42 Å². The van der Waals surface area contributed by atoms with E-state index >= 15 is 0 Å². The van der Waals surface area contributed by atoms with Crippen LogP contribution in [0.2, 0.25) is 0 Å². The van der Waals surface area contributed by atoms with Gasteiger partial charge in [0, 0.05) is 18.0 Å². The zero-order valence-electron chi connectivity index (χ0n) is 13.0. The van der Waals surface area contributed by atoms with E-state index in [1.54, 1.807) is 10.4 Å². The molecule has 0 unspecified atom stereocenters. The molecule has 1 aromatic rings. The standard InChI is InChI=1S/C17H25NO2S/c1-3-18(17-7-5-4-6-8-17)21(19,20)14-13-16-11-9-15(2)10-12-16/h9-14,17H,3-8H2,1-2H3/b14-13+. The number of hydrogen-bond acceptors (Lipinski definition) is 2. The van der Waals surface area contributed by atoms with Crippen molar-refractivity contribution in [2.75, 3.05) is 6.54 Å². The van der Waals surface area contributed by atoms with Crippen LogP contribution in [0.5, 0.6) is 0 Å². The van der Waals surface area contributed by atoms with Gasteiger partial charge in [0.25, 0.3) is 0 Å². The van der Waals surface area contributed by atoms with E-state index in [-0.39, 0.29) is 6.04 Å². The van der Waals surface area contributed by atoms with Crippen molar-refractivity contribution in [1.82, 2.24) is 4.31 Å². The number of sulfonamides is 1. The molecule has 0 heterocycles. The lowest BCUT2D eigenvalue weighted by atomic mass is 9.95. The van der Waals surface area contributed by atoms with E-state index in [0.29, 0.717) is 6.54 Å². The lowest BCUT2D eigenvalue weighted by Gasteiger charge is -2.31. The maximum atomic E-state index is 12.5. The highest BCUT2D eigenvalue weighted by Crippen LogP contribution is 2.25. The Morgan fingerprint density at radius 3 is 2.33 bits per heavy atom. The quantitative estimate of drug-likeness (QED) is 0.826. The van der Waals surface area contributed by atoms with Crippen molar-refractivity contribution in [3.63, 3.8) is 0 Å². The molecule has 0 bridgehead atoms. The fraction of sp³-hybridized carbons (Fsp3) is 0.529. The number of aryl methyl sites for hydroxylation is 1. The minimum atomic E-state index is -3.33. The largest absolute Gasteiger partial charge is 0.236 e. The Morgan fingerprint density at radius 2 is 1.76 bits per heavy atom. The normalized spacial score (nSPS) is 17.7. The van der Waals surface area contributed by atoms with E-state index < -0.39 is 10.0 Å². The minimum Gasteiger partial charge on any atom is -0.207 e. The molecule has 0 radical (unpaired) electrons. The van der Waals surface area contributed by atoms with E-state index in [2.05, 4.69) is 0 Å². The van der Waals surface area contributed by atoms with Crippen molar-refractivity contribution in [3.8, 4) is 0 Å². The van der Waals surface area contributed by atoms with Crippen LogP contribution in [0, 0.1) is 6.92 Å². The van der Waals surface area contributed by atoms with Crippen LogP contribution in [0.25, 0.3) is 6.08 Å². The summed E-state index contributed by atoms with van der Waals surface area (Å²) in [6, 6.07) is 8.04. The first kappa shape index (κ1) is 16.2. The molecule has 0 saturated heterocycles. The van der Waals surface area contributed by atoms with E-state index in [9.17, 15) is 8.42 Å². The van der Waals surface area contributed by atoms with Crippen LogP contribution in [0.15, 0.2) is 29.7 Å². The number of benzene rings is 1. The third-order valence-corrected chi connectivity index (χ3v) is 5.82. The average molecular weight is 307 g/mol. The van der Waals surface area contributed by atoms with E-state index in [1.165, 1.54) is 17.4 Å². The van der Waals surface area contributed by atoms with Gasteiger partial charge >= 0.3 is 0 Å². The predicted octanol–water partition coefficient (Wildman–Crippen LogP) is 3.95. The van der Waals surface area contributed by atoms with Gasteiger partial charge in [0.2, 0.25) is 10.0 Å². The highest BCUT2D eigenvalue weighted by Gasteiger charge is 2.27. The number of rotatable bonds is 5. The van der Waals surface area contributed by atoms with Crippen molar-refractivity contribution in [2.24, 2.45) is 0 Å². The predicted molar refractivity (Wildman–Crippen MR) is 88.4 cm³/mol. The van der Waals surface area contributed by atoms with Gasteiger partial charge in [-0.05, 0) is 31.4 Å².